The summed E-state index contributed by atoms with van der Waals surface area (Å²) in [5.41, 5.74) is 2.32. The van der Waals surface area contributed by atoms with Crippen molar-refractivity contribution in [3.63, 3.8) is 0 Å². The zero-order valence-electron chi connectivity index (χ0n) is 11.7. The number of aromatic carboxylic acids is 1. The molecule has 2 aromatic heterocycles. The van der Waals surface area contributed by atoms with Gasteiger partial charge in [0.15, 0.2) is 5.58 Å². The van der Waals surface area contributed by atoms with Crippen LogP contribution in [0, 0.1) is 6.92 Å². The number of aryl methyl sites for hydroxylation is 1. The van der Waals surface area contributed by atoms with Gasteiger partial charge in [-0.2, -0.15) is 4.98 Å². The molecule has 6 heteroatoms. The monoisotopic (exact) mass is 286 g/mol. The van der Waals surface area contributed by atoms with Gasteiger partial charge in [-0.05, 0) is 31.2 Å². The molecule has 21 heavy (non-hydrogen) atoms. The molecule has 0 unspecified atom stereocenters. The van der Waals surface area contributed by atoms with Gasteiger partial charge in [0.05, 0.1) is 18.4 Å². The van der Waals surface area contributed by atoms with Crippen molar-refractivity contribution in [2.24, 2.45) is 0 Å². The van der Waals surface area contributed by atoms with E-state index in [0.717, 1.165) is 11.3 Å². The molecule has 0 aliphatic carbocycles. The highest BCUT2D eigenvalue weighted by atomic mass is 16.4. The van der Waals surface area contributed by atoms with Crippen molar-refractivity contribution in [3.8, 4) is 0 Å². The molecule has 1 N–H and O–H groups in total. The number of nitrogens with zero attached hydrogens (tertiary/aromatic N) is 2. The summed E-state index contributed by atoms with van der Waals surface area (Å²) >= 11 is 0. The molecule has 0 saturated carbocycles. The van der Waals surface area contributed by atoms with Crippen molar-refractivity contribution in [1.29, 1.82) is 0 Å². The molecule has 0 aliphatic heterocycles. The molecule has 108 valence electrons. The number of furan rings is 1. The van der Waals surface area contributed by atoms with Gasteiger partial charge < -0.3 is 18.8 Å². The maximum atomic E-state index is 11.0. The fourth-order valence-corrected chi connectivity index (χ4v) is 2.11. The number of anilines is 1. The largest absolute Gasteiger partial charge is 0.478 e. The Morgan fingerprint density at radius 2 is 2.19 bits per heavy atom. The molecule has 3 rings (SSSR count). The number of carbonyl (C=O) groups is 1. The zero-order valence-corrected chi connectivity index (χ0v) is 11.7. The lowest BCUT2D eigenvalue weighted by molar-refractivity contribution is 0.0697. The maximum absolute atomic E-state index is 11.0. The summed E-state index contributed by atoms with van der Waals surface area (Å²) in [5.74, 6) is -0.136. The van der Waals surface area contributed by atoms with E-state index in [1.165, 1.54) is 12.1 Å². The third kappa shape index (κ3) is 2.47. The van der Waals surface area contributed by atoms with E-state index in [0.29, 0.717) is 23.7 Å². The summed E-state index contributed by atoms with van der Waals surface area (Å²) in [7, 11) is 1.86. The summed E-state index contributed by atoms with van der Waals surface area (Å²) in [6, 6.07) is 6.97. The van der Waals surface area contributed by atoms with Crippen LogP contribution in [0.2, 0.25) is 0 Å². The Hall–Kier alpha value is -2.76. The van der Waals surface area contributed by atoms with Gasteiger partial charge in [-0.3, -0.25) is 0 Å². The van der Waals surface area contributed by atoms with E-state index >= 15 is 0 Å². The Bertz CT molecular complexity index is 803. The fourth-order valence-electron chi connectivity index (χ4n) is 2.11. The van der Waals surface area contributed by atoms with E-state index in [9.17, 15) is 4.79 Å². The number of hydrogen-bond acceptors (Lipinski definition) is 5. The minimum Gasteiger partial charge on any atom is -0.478 e. The van der Waals surface area contributed by atoms with E-state index < -0.39 is 5.97 Å². The van der Waals surface area contributed by atoms with Crippen LogP contribution in [0.25, 0.3) is 11.1 Å². The molecule has 2 heterocycles. The Morgan fingerprint density at radius 1 is 1.38 bits per heavy atom. The molecular formula is C15H14N2O4. The third-order valence-corrected chi connectivity index (χ3v) is 3.32. The van der Waals surface area contributed by atoms with Crippen LogP contribution in [0.15, 0.2) is 39.4 Å². The smallest absolute Gasteiger partial charge is 0.335 e. The lowest BCUT2D eigenvalue weighted by atomic mass is 10.2. The van der Waals surface area contributed by atoms with Gasteiger partial charge in [-0.15, -0.1) is 0 Å². The number of aromatic nitrogens is 1. The SMILES string of the molecule is Cc1occc1CN(C)c1nc2ccc(C(=O)O)cc2o1. The molecule has 0 saturated heterocycles. The highest BCUT2D eigenvalue weighted by molar-refractivity contribution is 5.92. The molecule has 0 radical (unpaired) electrons. The summed E-state index contributed by atoms with van der Waals surface area (Å²) in [5, 5.41) is 8.98. The number of fused-ring (bicyclic) bond motifs is 1. The van der Waals surface area contributed by atoms with E-state index in [1.807, 2.05) is 24.9 Å². The Morgan fingerprint density at radius 3 is 2.86 bits per heavy atom. The highest BCUT2D eigenvalue weighted by Crippen LogP contribution is 2.24. The fraction of sp³-hybridized carbons (Fsp3) is 0.200. The van der Waals surface area contributed by atoms with Gasteiger partial charge in [0.25, 0.3) is 6.01 Å². The Kier molecular flexibility index (Phi) is 3.13. The first-order chi connectivity index (χ1) is 10.0. The molecule has 3 aromatic rings. The molecule has 0 amide bonds. The van der Waals surface area contributed by atoms with Crippen LogP contribution in [-0.4, -0.2) is 23.1 Å². The normalized spacial score (nSPS) is 11.0. The molecule has 6 nitrogen and oxygen atoms in total. The van der Waals surface area contributed by atoms with Crippen LogP contribution in [0.4, 0.5) is 6.01 Å². The van der Waals surface area contributed by atoms with Crippen LogP contribution in [-0.2, 0) is 6.54 Å². The van der Waals surface area contributed by atoms with Crippen molar-refractivity contribution < 1.29 is 18.7 Å². The number of oxazole rings is 1. The second-order valence-corrected chi connectivity index (χ2v) is 4.84. The van der Waals surface area contributed by atoms with Gasteiger partial charge >= 0.3 is 5.97 Å². The van der Waals surface area contributed by atoms with Crippen LogP contribution >= 0.6 is 0 Å². The van der Waals surface area contributed by atoms with Gasteiger partial charge in [0.1, 0.15) is 11.3 Å². The predicted molar refractivity (Wildman–Crippen MR) is 76.5 cm³/mol. The van der Waals surface area contributed by atoms with Gasteiger partial charge in [0.2, 0.25) is 0 Å². The van der Waals surface area contributed by atoms with Gasteiger partial charge in [0, 0.05) is 12.6 Å². The number of carboxylic acid groups (broad SMARTS) is 1. The number of benzene rings is 1. The van der Waals surface area contributed by atoms with E-state index in [-0.39, 0.29) is 5.56 Å². The van der Waals surface area contributed by atoms with Crippen molar-refractivity contribution in [3.05, 3.63) is 47.4 Å². The van der Waals surface area contributed by atoms with Crippen molar-refractivity contribution >= 4 is 23.1 Å². The third-order valence-electron chi connectivity index (χ3n) is 3.32. The number of carboxylic acids is 1. The first-order valence-electron chi connectivity index (χ1n) is 6.42. The first kappa shape index (κ1) is 13.2. The Balaban J connectivity index is 1.90. The molecule has 0 fully saturated rings. The first-order valence-corrected chi connectivity index (χ1v) is 6.42. The van der Waals surface area contributed by atoms with Crippen molar-refractivity contribution in [2.45, 2.75) is 13.5 Å². The maximum Gasteiger partial charge on any atom is 0.335 e. The molecule has 0 atom stereocenters. The second-order valence-electron chi connectivity index (χ2n) is 4.84. The Labute approximate surface area is 120 Å². The van der Waals surface area contributed by atoms with Gasteiger partial charge in [-0.25, -0.2) is 4.79 Å². The van der Waals surface area contributed by atoms with Crippen molar-refractivity contribution in [1.82, 2.24) is 4.98 Å². The minimum atomic E-state index is -0.989. The average Bonchev–Trinajstić information content (AvgIpc) is 3.04. The lowest BCUT2D eigenvalue weighted by Crippen LogP contribution is -2.16. The van der Waals surface area contributed by atoms with Crippen LogP contribution in [0.3, 0.4) is 0 Å². The van der Waals surface area contributed by atoms with Crippen LogP contribution in [0.1, 0.15) is 21.7 Å². The van der Waals surface area contributed by atoms with Crippen LogP contribution < -0.4 is 4.90 Å². The molecule has 0 bridgehead atoms. The van der Waals surface area contributed by atoms with E-state index in [2.05, 4.69) is 4.98 Å². The van der Waals surface area contributed by atoms with Crippen LogP contribution in [0.5, 0.6) is 0 Å². The summed E-state index contributed by atoms with van der Waals surface area (Å²) < 4.78 is 10.9. The second kappa shape index (κ2) is 4.97. The number of rotatable bonds is 4. The molecule has 0 aliphatic rings. The summed E-state index contributed by atoms with van der Waals surface area (Å²) in [4.78, 5) is 17.2. The lowest BCUT2D eigenvalue weighted by Gasteiger charge is -2.13. The quantitative estimate of drug-likeness (QED) is 0.794. The molecule has 0 spiro atoms. The predicted octanol–water partition coefficient (Wildman–Crippen LogP) is 3.06. The summed E-state index contributed by atoms with van der Waals surface area (Å²) in [6.45, 7) is 2.50. The van der Waals surface area contributed by atoms with E-state index in [1.54, 1.807) is 12.3 Å². The van der Waals surface area contributed by atoms with E-state index in [4.69, 9.17) is 13.9 Å². The molecular weight excluding hydrogens is 272 g/mol. The zero-order chi connectivity index (χ0) is 15.0. The minimum absolute atomic E-state index is 0.179. The van der Waals surface area contributed by atoms with Crippen molar-refractivity contribution in [2.75, 3.05) is 11.9 Å². The topological polar surface area (TPSA) is 79.7 Å². The molecule has 1 aromatic carbocycles. The average molecular weight is 286 g/mol. The summed E-state index contributed by atoms with van der Waals surface area (Å²) in [6.07, 6.45) is 1.64. The highest BCUT2D eigenvalue weighted by Gasteiger charge is 2.14. The number of hydrogen-bond donors (Lipinski definition) is 1. The van der Waals surface area contributed by atoms with Gasteiger partial charge in [-0.1, -0.05) is 0 Å². The standard InChI is InChI=1S/C15H14N2O4/c1-9-11(5-6-20-9)8-17(2)15-16-12-4-3-10(14(18)19)7-13(12)21-15/h3-7H,8H2,1-2H3,(H,18,19).